The molecule has 4 nitrogen and oxygen atoms in total. The molecule has 0 unspecified atom stereocenters. The zero-order chi connectivity index (χ0) is 10.9. The molecule has 1 aliphatic carbocycles. The van der Waals surface area contributed by atoms with E-state index in [9.17, 15) is 4.79 Å². The van der Waals surface area contributed by atoms with E-state index in [0.717, 1.165) is 24.4 Å². The van der Waals surface area contributed by atoms with Gasteiger partial charge in [-0.1, -0.05) is 0 Å². The second kappa shape index (κ2) is 3.70. The molecular weight excluding hydrogens is 194 g/mol. The molecule has 0 atom stereocenters. The number of carbonyl (C=O) groups is 1. The van der Waals surface area contributed by atoms with E-state index in [-0.39, 0.29) is 12.5 Å². The lowest BCUT2D eigenvalue weighted by Crippen LogP contribution is -2.33. The second-order valence-electron chi connectivity index (χ2n) is 4.13. The summed E-state index contributed by atoms with van der Waals surface area (Å²) in [5, 5.41) is 11.8. The van der Waals surface area contributed by atoms with Gasteiger partial charge in [0.2, 0.25) is 5.91 Å². The number of hydrogen-bond acceptors (Lipinski definition) is 3. The fourth-order valence-corrected chi connectivity index (χ4v) is 1.54. The minimum atomic E-state index is -0.498. The van der Waals surface area contributed by atoms with Crippen molar-refractivity contribution in [3.8, 4) is 0 Å². The summed E-state index contributed by atoms with van der Waals surface area (Å²) in [6, 6.07) is 3.70. The van der Waals surface area contributed by atoms with Crippen molar-refractivity contribution >= 4 is 5.91 Å². The molecule has 1 fully saturated rings. The molecule has 1 aromatic heterocycles. The number of furan rings is 1. The van der Waals surface area contributed by atoms with Crippen molar-refractivity contribution in [2.24, 2.45) is 5.41 Å². The van der Waals surface area contributed by atoms with Crippen molar-refractivity contribution in [2.45, 2.75) is 26.3 Å². The van der Waals surface area contributed by atoms with Crippen LogP contribution in [0.15, 0.2) is 16.5 Å². The smallest absolute Gasteiger partial charge is 0.228 e. The molecule has 0 radical (unpaired) electrons. The van der Waals surface area contributed by atoms with E-state index in [2.05, 4.69) is 5.32 Å². The third-order valence-electron chi connectivity index (χ3n) is 2.86. The lowest BCUT2D eigenvalue weighted by atomic mass is 10.1. The number of aliphatic hydroxyl groups excluding tert-OH is 1. The summed E-state index contributed by atoms with van der Waals surface area (Å²) in [5.41, 5.74) is -0.498. The van der Waals surface area contributed by atoms with Gasteiger partial charge >= 0.3 is 0 Å². The molecule has 82 valence electrons. The number of nitrogens with one attached hydrogen (secondary N) is 1. The molecular formula is C11H15NO3. The predicted molar refractivity (Wildman–Crippen MR) is 54.0 cm³/mol. The zero-order valence-electron chi connectivity index (χ0n) is 8.75. The average molecular weight is 209 g/mol. The summed E-state index contributed by atoms with van der Waals surface area (Å²) in [5.74, 6) is 1.51. The molecule has 2 N–H and O–H groups in total. The standard InChI is InChI=1S/C11H15NO3/c1-8-2-3-9(15-8)6-12-10(14)11(7-13)4-5-11/h2-3,13H,4-7H2,1H3,(H,12,14). The Kier molecular flexibility index (Phi) is 2.52. The highest BCUT2D eigenvalue weighted by atomic mass is 16.3. The molecule has 2 rings (SSSR count). The number of hydrogen-bond donors (Lipinski definition) is 2. The Morgan fingerprint density at radius 2 is 2.33 bits per heavy atom. The maximum Gasteiger partial charge on any atom is 0.228 e. The van der Waals surface area contributed by atoms with E-state index in [1.807, 2.05) is 19.1 Å². The summed E-state index contributed by atoms with van der Waals surface area (Å²) in [6.07, 6.45) is 1.57. The Morgan fingerprint density at radius 1 is 1.60 bits per heavy atom. The SMILES string of the molecule is Cc1ccc(CNC(=O)C2(CO)CC2)o1. The molecule has 0 bridgehead atoms. The van der Waals surface area contributed by atoms with Crippen LogP contribution in [0.2, 0.25) is 0 Å². The minimum absolute atomic E-state index is 0.0595. The average Bonchev–Trinajstić information content (AvgIpc) is 2.93. The van der Waals surface area contributed by atoms with Crippen molar-refractivity contribution in [3.63, 3.8) is 0 Å². The molecule has 1 aliphatic rings. The number of aryl methyl sites for hydroxylation is 1. The first-order valence-electron chi connectivity index (χ1n) is 5.11. The van der Waals surface area contributed by atoms with Crippen molar-refractivity contribution in [3.05, 3.63) is 23.7 Å². The third-order valence-corrected chi connectivity index (χ3v) is 2.86. The van der Waals surface area contributed by atoms with E-state index in [4.69, 9.17) is 9.52 Å². The largest absolute Gasteiger partial charge is 0.465 e. The van der Waals surface area contributed by atoms with Crippen LogP contribution in [0.5, 0.6) is 0 Å². The summed E-state index contributed by atoms with van der Waals surface area (Å²) in [4.78, 5) is 11.6. The van der Waals surface area contributed by atoms with Gasteiger partial charge in [0.25, 0.3) is 0 Å². The molecule has 1 amide bonds. The van der Waals surface area contributed by atoms with Crippen LogP contribution in [-0.4, -0.2) is 17.6 Å². The highest BCUT2D eigenvalue weighted by Gasteiger charge is 2.49. The fraction of sp³-hybridized carbons (Fsp3) is 0.545. The summed E-state index contributed by atoms with van der Waals surface area (Å²) >= 11 is 0. The van der Waals surface area contributed by atoms with Crippen LogP contribution in [0.25, 0.3) is 0 Å². The first-order chi connectivity index (χ1) is 7.16. The Labute approximate surface area is 88.3 Å². The van der Waals surface area contributed by atoms with Crippen molar-refractivity contribution in [1.29, 1.82) is 0 Å². The fourth-order valence-electron chi connectivity index (χ4n) is 1.54. The first-order valence-corrected chi connectivity index (χ1v) is 5.11. The van der Waals surface area contributed by atoms with Crippen LogP contribution in [0.3, 0.4) is 0 Å². The van der Waals surface area contributed by atoms with Crippen LogP contribution in [0.4, 0.5) is 0 Å². The van der Waals surface area contributed by atoms with E-state index in [1.54, 1.807) is 0 Å². The molecule has 0 saturated heterocycles. The number of aliphatic hydroxyl groups is 1. The van der Waals surface area contributed by atoms with Gasteiger partial charge < -0.3 is 14.8 Å². The number of carbonyl (C=O) groups excluding carboxylic acids is 1. The molecule has 0 aliphatic heterocycles. The highest BCUT2D eigenvalue weighted by molar-refractivity contribution is 5.85. The Balaban J connectivity index is 1.86. The van der Waals surface area contributed by atoms with Gasteiger partial charge in [-0.2, -0.15) is 0 Å². The highest BCUT2D eigenvalue weighted by Crippen LogP contribution is 2.45. The Morgan fingerprint density at radius 3 is 2.80 bits per heavy atom. The van der Waals surface area contributed by atoms with Gasteiger partial charge in [0.15, 0.2) is 0 Å². The van der Waals surface area contributed by atoms with Crippen LogP contribution >= 0.6 is 0 Å². The summed E-state index contributed by atoms with van der Waals surface area (Å²) in [6.45, 7) is 2.20. The molecule has 0 aromatic carbocycles. The zero-order valence-corrected chi connectivity index (χ0v) is 8.75. The Bertz CT molecular complexity index is 366. The second-order valence-corrected chi connectivity index (χ2v) is 4.13. The maximum absolute atomic E-state index is 11.6. The van der Waals surface area contributed by atoms with Crippen LogP contribution in [0.1, 0.15) is 24.4 Å². The Hall–Kier alpha value is -1.29. The van der Waals surface area contributed by atoms with Crippen molar-refractivity contribution in [1.82, 2.24) is 5.32 Å². The lowest BCUT2D eigenvalue weighted by Gasteiger charge is -2.10. The van der Waals surface area contributed by atoms with Gasteiger partial charge in [-0.05, 0) is 31.9 Å². The van der Waals surface area contributed by atoms with E-state index in [1.165, 1.54) is 0 Å². The summed E-state index contributed by atoms with van der Waals surface area (Å²) < 4.78 is 5.32. The monoisotopic (exact) mass is 209 g/mol. The van der Waals surface area contributed by atoms with Crippen molar-refractivity contribution < 1.29 is 14.3 Å². The van der Waals surface area contributed by atoms with Gasteiger partial charge in [0.1, 0.15) is 11.5 Å². The lowest BCUT2D eigenvalue weighted by molar-refractivity contribution is -0.128. The molecule has 0 spiro atoms. The molecule has 1 aromatic rings. The van der Waals surface area contributed by atoms with Gasteiger partial charge in [0.05, 0.1) is 18.6 Å². The van der Waals surface area contributed by atoms with Crippen LogP contribution < -0.4 is 5.32 Å². The van der Waals surface area contributed by atoms with Gasteiger partial charge in [-0.15, -0.1) is 0 Å². The first kappa shape index (κ1) is 10.2. The summed E-state index contributed by atoms with van der Waals surface area (Å²) in [7, 11) is 0. The normalized spacial score (nSPS) is 17.5. The van der Waals surface area contributed by atoms with E-state index >= 15 is 0 Å². The van der Waals surface area contributed by atoms with Crippen molar-refractivity contribution in [2.75, 3.05) is 6.61 Å². The van der Waals surface area contributed by atoms with E-state index < -0.39 is 5.41 Å². The van der Waals surface area contributed by atoms with Gasteiger partial charge in [-0.3, -0.25) is 4.79 Å². The quantitative estimate of drug-likeness (QED) is 0.777. The minimum Gasteiger partial charge on any atom is -0.465 e. The predicted octanol–water partition coefficient (Wildman–Crippen LogP) is 0.977. The number of rotatable bonds is 4. The van der Waals surface area contributed by atoms with Crippen LogP contribution in [-0.2, 0) is 11.3 Å². The number of amides is 1. The molecule has 4 heteroatoms. The van der Waals surface area contributed by atoms with Gasteiger partial charge in [0, 0.05) is 0 Å². The topological polar surface area (TPSA) is 62.5 Å². The van der Waals surface area contributed by atoms with Crippen LogP contribution in [0, 0.1) is 12.3 Å². The molecule has 1 saturated carbocycles. The van der Waals surface area contributed by atoms with Gasteiger partial charge in [-0.25, -0.2) is 0 Å². The third kappa shape index (κ3) is 2.04. The molecule has 15 heavy (non-hydrogen) atoms. The maximum atomic E-state index is 11.6. The van der Waals surface area contributed by atoms with E-state index in [0.29, 0.717) is 6.54 Å². The molecule has 1 heterocycles.